The molecule has 0 aromatic heterocycles. The van der Waals surface area contributed by atoms with Crippen LogP contribution in [-0.2, 0) is 9.53 Å². The van der Waals surface area contributed by atoms with Crippen molar-refractivity contribution in [3.8, 4) is 0 Å². The highest BCUT2D eigenvalue weighted by atomic mass is 16.5. The lowest BCUT2D eigenvalue weighted by atomic mass is 9.98. The third-order valence-corrected chi connectivity index (χ3v) is 2.01. The highest BCUT2D eigenvalue weighted by Crippen LogP contribution is 2.18. The Morgan fingerprint density at radius 3 is 1.77 bits per heavy atom. The summed E-state index contributed by atoms with van der Waals surface area (Å²) in [6.45, 7) is 9.69. The number of ether oxygens (including phenoxy) is 1. The minimum atomic E-state index is 0.0453. The van der Waals surface area contributed by atoms with E-state index in [0.717, 1.165) is 11.3 Å². The van der Waals surface area contributed by atoms with Gasteiger partial charge < -0.3 is 4.74 Å². The van der Waals surface area contributed by atoms with E-state index in [0.29, 0.717) is 0 Å². The second kappa shape index (κ2) is 5.05. The Morgan fingerprint density at radius 1 is 1.08 bits per heavy atom. The average molecular weight is 184 g/mol. The fraction of sp³-hybridized carbons (Fsp3) is 0.727. The standard InChI is InChI=1S/C11H20O2/c1-7(2)10(12)9(5)11(13-6)8(3)4/h7-8H,1-6H3/b11-9-. The van der Waals surface area contributed by atoms with Gasteiger partial charge in [-0.05, 0) is 6.92 Å². The van der Waals surface area contributed by atoms with Gasteiger partial charge in [0.05, 0.1) is 7.11 Å². The topological polar surface area (TPSA) is 26.3 Å². The van der Waals surface area contributed by atoms with E-state index >= 15 is 0 Å². The minimum absolute atomic E-state index is 0.0453. The Morgan fingerprint density at radius 2 is 1.54 bits per heavy atom. The molecule has 0 amide bonds. The average Bonchev–Trinajstić information content (AvgIpc) is 2.03. The van der Waals surface area contributed by atoms with Crippen molar-refractivity contribution in [3.05, 3.63) is 11.3 Å². The number of hydrogen-bond donors (Lipinski definition) is 0. The number of rotatable bonds is 4. The maximum atomic E-state index is 11.6. The first-order valence-electron chi connectivity index (χ1n) is 4.70. The van der Waals surface area contributed by atoms with Gasteiger partial charge in [0.15, 0.2) is 5.78 Å². The van der Waals surface area contributed by atoms with Gasteiger partial charge in [0, 0.05) is 17.4 Å². The summed E-state index contributed by atoms with van der Waals surface area (Å²) in [4.78, 5) is 11.6. The predicted molar refractivity (Wildman–Crippen MR) is 54.4 cm³/mol. The van der Waals surface area contributed by atoms with Crippen molar-refractivity contribution < 1.29 is 9.53 Å². The number of carbonyl (C=O) groups excluding carboxylic acids is 1. The summed E-state index contributed by atoms with van der Waals surface area (Å²) in [6.07, 6.45) is 0. The molecule has 2 heteroatoms. The largest absolute Gasteiger partial charge is 0.500 e. The maximum absolute atomic E-state index is 11.6. The molecule has 13 heavy (non-hydrogen) atoms. The Bertz CT molecular complexity index is 212. The predicted octanol–water partition coefficient (Wildman–Crippen LogP) is 2.79. The van der Waals surface area contributed by atoms with Crippen LogP contribution in [0.1, 0.15) is 34.6 Å². The number of hydrogen-bond acceptors (Lipinski definition) is 2. The summed E-state index contributed by atoms with van der Waals surface area (Å²) in [5.41, 5.74) is 0.757. The second-order valence-corrected chi connectivity index (χ2v) is 3.87. The molecule has 0 unspecified atom stereocenters. The lowest BCUT2D eigenvalue weighted by Crippen LogP contribution is -2.13. The van der Waals surface area contributed by atoms with Gasteiger partial charge in [-0.25, -0.2) is 0 Å². The van der Waals surface area contributed by atoms with Crippen molar-refractivity contribution in [1.82, 2.24) is 0 Å². The molecule has 0 aromatic carbocycles. The van der Waals surface area contributed by atoms with Crippen LogP contribution in [0.5, 0.6) is 0 Å². The van der Waals surface area contributed by atoms with Crippen LogP contribution in [0.15, 0.2) is 11.3 Å². The molecule has 0 bridgehead atoms. The van der Waals surface area contributed by atoms with Crippen molar-refractivity contribution in [2.75, 3.05) is 7.11 Å². The number of ketones is 1. The molecule has 0 aromatic rings. The molecule has 2 nitrogen and oxygen atoms in total. The zero-order valence-electron chi connectivity index (χ0n) is 9.47. The van der Waals surface area contributed by atoms with Crippen LogP contribution in [0.3, 0.4) is 0 Å². The smallest absolute Gasteiger partial charge is 0.164 e. The summed E-state index contributed by atoms with van der Waals surface area (Å²) in [5, 5.41) is 0. The summed E-state index contributed by atoms with van der Waals surface area (Å²) in [5.74, 6) is 1.29. The van der Waals surface area contributed by atoms with Gasteiger partial charge in [0.2, 0.25) is 0 Å². The molecule has 0 aliphatic heterocycles. The lowest BCUT2D eigenvalue weighted by molar-refractivity contribution is -0.118. The number of Topliss-reactive ketones (excluding diaryl/α,β-unsaturated/α-hetero) is 1. The van der Waals surface area contributed by atoms with Crippen LogP contribution in [0, 0.1) is 11.8 Å². The van der Waals surface area contributed by atoms with Crippen molar-refractivity contribution in [2.45, 2.75) is 34.6 Å². The summed E-state index contributed by atoms with van der Waals surface area (Å²) in [6, 6.07) is 0. The van der Waals surface area contributed by atoms with Gasteiger partial charge in [0.1, 0.15) is 5.76 Å². The highest BCUT2D eigenvalue weighted by Gasteiger charge is 2.16. The first-order valence-corrected chi connectivity index (χ1v) is 4.70. The van der Waals surface area contributed by atoms with E-state index in [-0.39, 0.29) is 17.6 Å². The lowest BCUT2D eigenvalue weighted by Gasteiger charge is -2.14. The van der Waals surface area contributed by atoms with Crippen molar-refractivity contribution in [3.63, 3.8) is 0 Å². The van der Waals surface area contributed by atoms with E-state index in [1.54, 1.807) is 7.11 Å². The number of allylic oxidation sites excluding steroid dienone is 2. The molecule has 76 valence electrons. The van der Waals surface area contributed by atoms with E-state index in [4.69, 9.17) is 4.74 Å². The van der Waals surface area contributed by atoms with Crippen LogP contribution in [-0.4, -0.2) is 12.9 Å². The van der Waals surface area contributed by atoms with Crippen molar-refractivity contribution in [1.29, 1.82) is 0 Å². The van der Waals surface area contributed by atoms with Crippen LogP contribution >= 0.6 is 0 Å². The quantitative estimate of drug-likeness (QED) is 0.496. The van der Waals surface area contributed by atoms with Gasteiger partial charge in [-0.1, -0.05) is 27.7 Å². The zero-order valence-corrected chi connectivity index (χ0v) is 9.47. The first kappa shape index (κ1) is 12.2. The molecule has 0 radical (unpaired) electrons. The van der Waals surface area contributed by atoms with Crippen LogP contribution in [0.2, 0.25) is 0 Å². The normalized spacial score (nSPS) is 13.2. The fourth-order valence-electron chi connectivity index (χ4n) is 1.38. The van der Waals surface area contributed by atoms with Crippen LogP contribution < -0.4 is 0 Å². The van der Waals surface area contributed by atoms with Gasteiger partial charge in [-0.2, -0.15) is 0 Å². The van der Waals surface area contributed by atoms with E-state index in [9.17, 15) is 4.79 Å². The Hall–Kier alpha value is -0.790. The van der Waals surface area contributed by atoms with Crippen LogP contribution in [0.25, 0.3) is 0 Å². The minimum Gasteiger partial charge on any atom is -0.500 e. The van der Waals surface area contributed by atoms with Gasteiger partial charge in [0.25, 0.3) is 0 Å². The van der Waals surface area contributed by atoms with Gasteiger partial charge >= 0.3 is 0 Å². The molecule has 0 fully saturated rings. The second-order valence-electron chi connectivity index (χ2n) is 3.87. The molecule has 0 spiro atoms. The van der Waals surface area contributed by atoms with E-state index in [1.165, 1.54) is 0 Å². The zero-order chi connectivity index (χ0) is 10.6. The monoisotopic (exact) mass is 184 g/mol. The number of methoxy groups -OCH3 is 1. The molecular formula is C11H20O2. The summed E-state index contributed by atoms with van der Waals surface area (Å²) in [7, 11) is 1.62. The third kappa shape index (κ3) is 3.21. The summed E-state index contributed by atoms with van der Waals surface area (Å²) < 4.78 is 5.20. The van der Waals surface area contributed by atoms with E-state index in [1.807, 2.05) is 34.6 Å². The first-order chi connectivity index (χ1) is 5.91. The highest BCUT2D eigenvalue weighted by molar-refractivity contribution is 5.96. The Kier molecular flexibility index (Phi) is 4.74. The molecule has 0 heterocycles. The molecule has 0 atom stereocenters. The van der Waals surface area contributed by atoms with E-state index in [2.05, 4.69) is 0 Å². The van der Waals surface area contributed by atoms with Gasteiger partial charge in [-0.15, -0.1) is 0 Å². The molecule has 0 aliphatic rings. The SMILES string of the molecule is CO/C(=C(/C)C(=O)C(C)C)C(C)C. The number of carbonyl (C=O) groups is 1. The Labute approximate surface area is 81.0 Å². The van der Waals surface area contributed by atoms with Crippen molar-refractivity contribution in [2.24, 2.45) is 11.8 Å². The summed E-state index contributed by atoms with van der Waals surface area (Å²) >= 11 is 0. The molecule has 0 N–H and O–H groups in total. The molecule has 0 saturated carbocycles. The van der Waals surface area contributed by atoms with Crippen molar-refractivity contribution >= 4 is 5.78 Å². The molecular weight excluding hydrogens is 164 g/mol. The molecule has 0 saturated heterocycles. The van der Waals surface area contributed by atoms with E-state index < -0.39 is 0 Å². The van der Waals surface area contributed by atoms with Crippen LogP contribution in [0.4, 0.5) is 0 Å². The van der Waals surface area contributed by atoms with Gasteiger partial charge in [-0.3, -0.25) is 4.79 Å². The molecule has 0 aliphatic carbocycles. The maximum Gasteiger partial charge on any atom is 0.164 e. The Balaban J connectivity index is 4.85. The molecule has 0 rings (SSSR count). The third-order valence-electron chi connectivity index (χ3n) is 2.01. The fourth-order valence-corrected chi connectivity index (χ4v) is 1.38.